The predicted molar refractivity (Wildman–Crippen MR) is 107 cm³/mol. The van der Waals surface area contributed by atoms with Crippen molar-refractivity contribution in [3.05, 3.63) is 64.7 Å². The summed E-state index contributed by atoms with van der Waals surface area (Å²) >= 11 is 6.11. The molecule has 2 rings (SSSR count). The van der Waals surface area contributed by atoms with E-state index in [1.54, 1.807) is 0 Å². The summed E-state index contributed by atoms with van der Waals surface area (Å²) in [5.74, 6) is 0.792. The minimum atomic E-state index is 0. The largest absolute Gasteiger partial charge is 0.493 e. The van der Waals surface area contributed by atoms with E-state index < -0.39 is 0 Å². The summed E-state index contributed by atoms with van der Waals surface area (Å²) < 4.78 is 5.82. The smallest absolute Gasteiger partial charge is 0.125 e. The van der Waals surface area contributed by atoms with Gasteiger partial charge in [0.05, 0.1) is 6.61 Å². The Kier molecular flexibility index (Phi) is 11.9. The second-order valence-electron chi connectivity index (χ2n) is 5.35. The van der Waals surface area contributed by atoms with Gasteiger partial charge in [0.2, 0.25) is 0 Å². The Labute approximate surface area is 162 Å². The average molecular weight is 392 g/mol. The minimum absolute atomic E-state index is 0. The first-order valence-corrected chi connectivity index (χ1v) is 7.91. The summed E-state index contributed by atoms with van der Waals surface area (Å²) in [4.78, 5) is 2.29. The van der Waals surface area contributed by atoms with Gasteiger partial charge in [-0.2, -0.15) is 0 Å². The molecule has 0 atom stereocenters. The summed E-state index contributed by atoms with van der Waals surface area (Å²) in [6.45, 7) is 2.98. The molecule has 0 aliphatic carbocycles. The van der Waals surface area contributed by atoms with Gasteiger partial charge in [-0.15, -0.1) is 24.8 Å². The topological polar surface area (TPSA) is 38.5 Å². The van der Waals surface area contributed by atoms with Gasteiger partial charge in [-0.25, -0.2) is 0 Å². The Hall–Kier alpha value is -0.970. The van der Waals surface area contributed by atoms with Crippen LogP contribution in [0.4, 0.5) is 0 Å². The fourth-order valence-corrected chi connectivity index (χ4v) is 2.61. The second-order valence-corrected chi connectivity index (χ2v) is 5.75. The molecule has 0 aliphatic heterocycles. The van der Waals surface area contributed by atoms with E-state index in [-0.39, 0.29) is 24.8 Å². The Bertz CT molecular complexity index is 582. The van der Waals surface area contributed by atoms with Crippen LogP contribution in [-0.4, -0.2) is 25.1 Å². The van der Waals surface area contributed by atoms with Gasteiger partial charge in [-0.1, -0.05) is 48.0 Å². The molecule has 24 heavy (non-hydrogen) atoms. The lowest BCUT2D eigenvalue weighted by Crippen LogP contribution is -2.20. The van der Waals surface area contributed by atoms with Crippen LogP contribution in [0.3, 0.4) is 0 Å². The van der Waals surface area contributed by atoms with Crippen LogP contribution in [0.2, 0.25) is 5.02 Å². The molecule has 3 nitrogen and oxygen atoms in total. The number of halogens is 3. The maximum Gasteiger partial charge on any atom is 0.125 e. The van der Waals surface area contributed by atoms with Crippen molar-refractivity contribution in [2.45, 2.75) is 19.5 Å². The highest BCUT2D eigenvalue weighted by molar-refractivity contribution is 6.31. The maximum atomic E-state index is 6.11. The number of hydrogen-bond acceptors (Lipinski definition) is 3. The number of nitrogens with zero attached hydrogens (tertiary/aromatic N) is 1. The third-order valence-electron chi connectivity index (χ3n) is 3.52. The molecule has 2 aromatic carbocycles. The van der Waals surface area contributed by atoms with Crippen molar-refractivity contribution in [3.8, 4) is 5.75 Å². The molecule has 0 amide bonds. The SMILES string of the molecule is CN(CCCOc1cccc(Cl)c1CN)Cc1ccccc1.Cl.Cl. The summed E-state index contributed by atoms with van der Waals surface area (Å²) in [6, 6.07) is 16.1. The second kappa shape index (κ2) is 12.4. The fourth-order valence-electron chi connectivity index (χ4n) is 2.36. The summed E-state index contributed by atoms with van der Waals surface area (Å²) in [5.41, 5.74) is 7.92. The molecule has 0 aromatic heterocycles. The first kappa shape index (κ1) is 23.0. The quantitative estimate of drug-likeness (QED) is 0.671. The molecular weight excluding hydrogens is 367 g/mol. The normalized spacial score (nSPS) is 10.0. The van der Waals surface area contributed by atoms with E-state index in [9.17, 15) is 0 Å². The number of nitrogens with two attached hydrogens (primary N) is 1. The van der Waals surface area contributed by atoms with Crippen molar-refractivity contribution < 1.29 is 4.74 Å². The van der Waals surface area contributed by atoms with Crippen LogP contribution in [0.15, 0.2) is 48.5 Å². The van der Waals surface area contributed by atoms with Gasteiger partial charge < -0.3 is 15.4 Å². The van der Waals surface area contributed by atoms with Gasteiger partial charge in [0, 0.05) is 30.2 Å². The number of hydrogen-bond donors (Lipinski definition) is 1. The molecule has 2 aromatic rings. The average Bonchev–Trinajstić information content (AvgIpc) is 2.52. The van der Waals surface area contributed by atoms with Crippen molar-refractivity contribution in [1.82, 2.24) is 4.90 Å². The van der Waals surface area contributed by atoms with E-state index in [1.165, 1.54) is 5.56 Å². The van der Waals surface area contributed by atoms with E-state index in [1.807, 2.05) is 24.3 Å². The molecular formula is C18H25Cl3N2O. The Morgan fingerprint density at radius 3 is 2.42 bits per heavy atom. The lowest BCUT2D eigenvalue weighted by atomic mass is 10.2. The zero-order valence-corrected chi connectivity index (χ0v) is 16.2. The van der Waals surface area contributed by atoms with Crippen LogP contribution in [-0.2, 0) is 13.1 Å². The summed E-state index contributed by atoms with van der Waals surface area (Å²) in [6.07, 6.45) is 0.958. The van der Waals surface area contributed by atoms with Gasteiger partial charge in [-0.05, 0) is 31.2 Å². The van der Waals surface area contributed by atoms with Crippen LogP contribution in [0.5, 0.6) is 5.75 Å². The summed E-state index contributed by atoms with van der Waals surface area (Å²) in [7, 11) is 2.12. The molecule has 0 fully saturated rings. The fraction of sp³-hybridized carbons (Fsp3) is 0.333. The maximum absolute atomic E-state index is 6.11. The zero-order chi connectivity index (χ0) is 15.8. The van der Waals surface area contributed by atoms with Gasteiger partial charge >= 0.3 is 0 Å². The highest BCUT2D eigenvalue weighted by Crippen LogP contribution is 2.25. The van der Waals surface area contributed by atoms with Crippen LogP contribution in [0.25, 0.3) is 0 Å². The van der Waals surface area contributed by atoms with Crippen LogP contribution >= 0.6 is 36.4 Å². The third kappa shape index (κ3) is 7.29. The number of rotatable bonds is 8. The first-order valence-electron chi connectivity index (χ1n) is 7.53. The standard InChI is InChI=1S/C18H23ClN2O.2ClH/c1-21(14-15-7-3-2-4-8-15)11-6-12-22-18-10-5-9-17(19)16(18)13-20;;/h2-5,7-10H,6,11-14,20H2,1H3;2*1H. The van der Waals surface area contributed by atoms with Crippen molar-refractivity contribution >= 4 is 36.4 Å². The van der Waals surface area contributed by atoms with E-state index in [0.717, 1.165) is 30.8 Å². The highest BCUT2D eigenvalue weighted by atomic mass is 35.5. The third-order valence-corrected chi connectivity index (χ3v) is 3.87. The minimum Gasteiger partial charge on any atom is -0.493 e. The van der Waals surface area contributed by atoms with E-state index >= 15 is 0 Å². The molecule has 0 saturated carbocycles. The Morgan fingerprint density at radius 2 is 1.75 bits per heavy atom. The van der Waals surface area contributed by atoms with Crippen molar-refractivity contribution in [2.24, 2.45) is 5.73 Å². The van der Waals surface area contributed by atoms with Crippen molar-refractivity contribution in [2.75, 3.05) is 20.2 Å². The van der Waals surface area contributed by atoms with Crippen LogP contribution < -0.4 is 10.5 Å². The lowest BCUT2D eigenvalue weighted by Gasteiger charge is -2.17. The van der Waals surface area contributed by atoms with Gasteiger partial charge in [0.25, 0.3) is 0 Å². The van der Waals surface area contributed by atoms with E-state index in [4.69, 9.17) is 22.1 Å². The van der Waals surface area contributed by atoms with Crippen LogP contribution in [0.1, 0.15) is 17.5 Å². The predicted octanol–water partition coefficient (Wildman–Crippen LogP) is 4.54. The molecule has 0 aliphatic rings. The zero-order valence-electron chi connectivity index (χ0n) is 13.8. The molecule has 0 spiro atoms. The van der Waals surface area contributed by atoms with Gasteiger partial charge in [0.1, 0.15) is 5.75 Å². The molecule has 0 unspecified atom stereocenters. The van der Waals surface area contributed by atoms with Crippen molar-refractivity contribution in [3.63, 3.8) is 0 Å². The monoisotopic (exact) mass is 390 g/mol. The molecule has 134 valence electrons. The van der Waals surface area contributed by atoms with Crippen LogP contribution in [0, 0.1) is 0 Å². The molecule has 0 saturated heterocycles. The lowest BCUT2D eigenvalue weighted by molar-refractivity contribution is 0.257. The Balaban J connectivity index is 0.00000264. The first-order chi connectivity index (χ1) is 10.7. The Morgan fingerprint density at radius 1 is 1.04 bits per heavy atom. The number of ether oxygens (including phenoxy) is 1. The molecule has 0 radical (unpaired) electrons. The molecule has 0 bridgehead atoms. The summed E-state index contributed by atoms with van der Waals surface area (Å²) in [5, 5.41) is 0.668. The van der Waals surface area contributed by atoms with Gasteiger partial charge in [-0.3, -0.25) is 0 Å². The molecule has 2 N–H and O–H groups in total. The van der Waals surface area contributed by atoms with E-state index in [2.05, 4.69) is 36.2 Å². The highest BCUT2D eigenvalue weighted by Gasteiger charge is 2.06. The van der Waals surface area contributed by atoms with Crippen molar-refractivity contribution in [1.29, 1.82) is 0 Å². The van der Waals surface area contributed by atoms with E-state index in [0.29, 0.717) is 18.2 Å². The van der Waals surface area contributed by atoms with Gasteiger partial charge in [0.15, 0.2) is 0 Å². The molecule has 0 heterocycles. The number of benzene rings is 2. The molecule has 6 heteroatoms.